The molecule has 0 aromatic rings. The van der Waals surface area contributed by atoms with Gasteiger partial charge in [-0.3, -0.25) is 4.79 Å². The van der Waals surface area contributed by atoms with Gasteiger partial charge < -0.3 is 15.5 Å². The third kappa shape index (κ3) is 6.11. The second kappa shape index (κ2) is 7.69. The lowest BCUT2D eigenvalue weighted by Gasteiger charge is -2.34. The summed E-state index contributed by atoms with van der Waals surface area (Å²) in [7, 11) is 0. The lowest BCUT2D eigenvalue weighted by Crippen LogP contribution is -2.51. The van der Waals surface area contributed by atoms with Crippen molar-refractivity contribution in [2.75, 3.05) is 13.1 Å². The maximum absolute atomic E-state index is 12.7. The minimum atomic E-state index is -4.28. The van der Waals surface area contributed by atoms with Gasteiger partial charge in [-0.05, 0) is 33.6 Å². The monoisotopic (exact) mass is 323 g/mol. The second-order valence-corrected chi connectivity index (χ2v) is 6.10. The zero-order valence-electron chi connectivity index (χ0n) is 13.2. The van der Waals surface area contributed by atoms with Crippen molar-refractivity contribution in [1.29, 1.82) is 0 Å². The van der Waals surface area contributed by atoms with Crippen LogP contribution in [0.4, 0.5) is 18.0 Å². The van der Waals surface area contributed by atoms with Gasteiger partial charge in [-0.2, -0.15) is 13.2 Å². The predicted octanol–water partition coefficient (Wildman–Crippen LogP) is 2.27. The number of nitrogens with one attached hydrogen (secondary N) is 2. The molecule has 1 aliphatic rings. The molecular formula is C14H24F3N3O2. The topological polar surface area (TPSA) is 61.4 Å². The summed E-state index contributed by atoms with van der Waals surface area (Å²) >= 11 is 0. The van der Waals surface area contributed by atoms with E-state index in [4.69, 9.17) is 0 Å². The molecule has 5 nitrogen and oxygen atoms in total. The van der Waals surface area contributed by atoms with Crippen molar-refractivity contribution in [3.63, 3.8) is 0 Å². The van der Waals surface area contributed by atoms with Crippen LogP contribution >= 0.6 is 0 Å². The van der Waals surface area contributed by atoms with E-state index in [1.54, 1.807) is 6.92 Å². The van der Waals surface area contributed by atoms with E-state index in [1.807, 2.05) is 13.8 Å². The van der Waals surface area contributed by atoms with Gasteiger partial charge in [0.05, 0.1) is 5.92 Å². The Morgan fingerprint density at radius 2 is 1.86 bits per heavy atom. The van der Waals surface area contributed by atoms with E-state index >= 15 is 0 Å². The zero-order valence-corrected chi connectivity index (χ0v) is 13.2. The first-order valence-electron chi connectivity index (χ1n) is 7.51. The van der Waals surface area contributed by atoms with Gasteiger partial charge >= 0.3 is 12.2 Å². The molecule has 0 unspecified atom stereocenters. The minimum Gasteiger partial charge on any atom is -0.354 e. The molecule has 1 heterocycles. The Morgan fingerprint density at radius 3 is 2.41 bits per heavy atom. The number of amides is 3. The van der Waals surface area contributed by atoms with Gasteiger partial charge in [0.25, 0.3) is 0 Å². The van der Waals surface area contributed by atoms with E-state index in [0.29, 0.717) is 13.0 Å². The molecule has 3 amide bonds. The Hall–Kier alpha value is -1.47. The van der Waals surface area contributed by atoms with Crippen molar-refractivity contribution in [2.45, 2.75) is 58.3 Å². The van der Waals surface area contributed by atoms with E-state index in [2.05, 4.69) is 10.6 Å². The highest BCUT2D eigenvalue weighted by atomic mass is 19.4. The zero-order chi connectivity index (χ0) is 16.9. The number of halogens is 3. The number of carbonyl (C=O) groups is 2. The van der Waals surface area contributed by atoms with Crippen molar-refractivity contribution < 1.29 is 22.8 Å². The fourth-order valence-corrected chi connectivity index (χ4v) is 2.44. The Morgan fingerprint density at radius 1 is 1.23 bits per heavy atom. The molecular weight excluding hydrogens is 299 g/mol. The summed E-state index contributed by atoms with van der Waals surface area (Å²) in [6.45, 7) is 5.30. The summed E-state index contributed by atoms with van der Waals surface area (Å²) in [4.78, 5) is 24.8. The van der Waals surface area contributed by atoms with Crippen LogP contribution in [0.25, 0.3) is 0 Å². The highest BCUT2D eigenvalue weighted by molar-refractivity contribution is 5.79. The first-order chi connectivity index (χ1) is 10.1. The molecule has 0 aromatic carbocycles. The molecule has 2 N–H and O–H groups in total. The number of hydrogen-bond acceptors (Lipinski definition) is 2. The summed E-state index contributed by atoms with van der Waals surface area (Å²) in [5.74, 6) is -1.67. The van der Waals surface area contributed by atoms with Crippen LogP contribution in [0.1, 0.15) is 40.0 Å². The van der Waals surface area contributed by atoms with Crippen molar-refractivity contribution in [1.82, 2.24) is 15.5 Å². The second-order valence-electron chi connectivity index (χ2n) is 6.10. The third-order valence-electron chi connectivity index (χ3n) is 3.48. The molecule has 0 saturated carbocycles. The van der Waals surface area contributed by atoms with Gasteiger partial charge in [0, 0.05) is 31.6 Å². The highest BCUT2D eigenvalue weighted by Gasteiger charge is 2.42. The molecule has 1 saturated heterocycles. The van der Waals surface area contributed by atoms with Crippen LogP contribution in [0, 0.1) is 5.92 Å². The van der Waals surface area contributed by atoms with E-state index < -0.39 is 24.2 Å². The Balaban J connectivity index is 2.45. The van der Waals surface area contributed by atoms with Gasteiger partial charge in [-0.1, -0.05) is 0 Å². The number of hydrogen-bond donors (Lipinski definition) is 2. The normalized spacial score (nSPS) is 20.7. The fraction of sp³-hybridized carbons (Fsp3) is 0.857. The number of likely N-dealkylation sites (tertiary alicyclic amines) is 1. The van der Waals surface area contributed by atoms with E-state index in [-0.39, 0.29) is 31.3 Å². The van der Waals surface area contributed by atoms with Crippen LogP contribution < -0.4 is 10.6 Å². The van der Waals surface area contributed by atoms with Gasteiger partial charge in [0.15, 0.2) is 0 Å². The lowest BCUT2D eigenvalue weighted by molar-refractivity contribution is -0.184. The molecule has 1 rings (SSSR count). The smallest absolute Gasteiger partial charge is 0.354 e. The first kappa shape index (κ1) is 18.6. The number of nitrogens with zero attached hydrogens (tertiary/aromatic N) is 1. The van der Waals surface area contributed by atoms with Gasteiger partial charge in [0.2, 0.25) is 5.91 Å². The van der Waals surface area contributed by atoms with Crippen LogP contribution in [-0.4, -0.2) is 48.2 Å². The van der Waals surface area contributed by atoms with Crippen molar-refractivity contribution in [3.8, 4) is 0 Å². The standard InChI is InChI=1S/C14H24F3N3O2/c1-9(2)18-12(21)7-10(3)19-13(22)20-6-4-5-11(8-20)14(15,16)17/h9-11H,4-8H2,1-3H3,(H,18,21)(H,19,22)/t10-,11-/m0/s1. The van der Waals surface area contributed by atoms with Crippen LogP contribution in [0.3, 0.4) is 0 Å². The van der Waals surface area contributed by atoms with E-state index in [1.165, 1.54) is 4.90 Å². The summed E-state index contributed by atoms with van der Waals surface area (Å²) in [6.07, 6.45) is -3.79. The van der Waals surface area contributed by atoms with Crippen molar-refractivity contribution in [2.24, 2.45) is 5.92 Å². The van der Waals surface area contributed by atoms with Crippen LogP contribution in [0.15, 0.2) is 0 Å². The van der Waals surface area contributed by atoms with Crippen LogP contribution in [0.5, 0.6) is 0 Å². The predicted molar refractivity (Wildman–Crippen MR) is 76.2 cm³/mol. The molecule has 2 atom stereocenters. The van der Waals surface area contributed by atoms with Gasteiger partial charge in [0.1, 0.15) is 0 Å². The fourth-order valence-electron chi connectivity index (χ4n) is 2.44. The highest BCUT2D eigenvalue weighted by Crippen LogP contribution is 2.33. The Bertz CT molecular complexity index is 399. The molecule has 1 aliphatic heterocycles. The number of rotatable bonds is 4. The maximum atomic E-state index is 12.7. The minimum absolute atomic E-state index is 0.00467. The SMILES string of the molecule is CC(C)NC(=O)C[C@H](C)NC(=O)N1CCC[C@H](C(F)(F)F)C1. The van der Waals surface area contributed by atoms with Crippen molar-refractivity contribution >= 4 is 11.9 Å². The Labute approximate surface area is 128 Å². The van der Waals surface area contributed by atoms with Crippen LogP contribution in [0.2, 0.25) is 0 Å². The molecule has 22 heavy (non-hydrogen) atoms. The molecule has 0 spiro atoms. The molecule has 0 radical (unpaired) electrons. The Kier molecular flexibility index (Phi) is 6.49. The van der Waals surface area contributed by atoms with Gasteiger partial charge in [-0.25, -0.2) is 4.79 Å². The molecule has 128 valence electrons. The molecule has 8 heteroatoms. The summed E-state index contributed by atoms with van der Waals surface area (Å²) in [6, 6.07) is -0.971. The van der Waals surface area contributed by atoms with E-state index in [0.717, 1.165) is 0 Å². The summed E-state index contributed by atoms with van der Waals surface area (Å²) in [5.41, 5.74) is 0. The number of urea groups is 1. The lowest BCUT2D eigenvalue weighted by atomic mass is 9.98. The molecule has 0 aliphatic carbocycles. The van der Waals surface area contributed by atoms with Gasteiger partial charge in [-0.15, -0.1) is 0 Å². The number of carbonyl (C=O) groups excluding carboxylic acids is 2. The van der Waals surface area contributed by atoms with Crippen molar-refractivity contribution in [3.05, 3.63) is 0 Å². The molecule has 0 aromatic heterocycles. The van der Waals surface area contributed by atoms with E-state index in [9.17, 15) is 22.8 Å². The average molecular weight is 323 g/mol. The third-order valence-corrected chi connectivity index (χ3v) is 3.48. The maximum Gasteiger partial charge on any atom is 0.393 e. The average Bonchev–Trinajstić information content (AvgIpc) is 2.36. The quantitative estimate of drug-likeness (QED) is 0.834. The van der Waals surface area contributed by atoms with Crippen LogP contribution in [-0.2, 0) is 4.79 Å². The summed E-state index contributed by atoms with van der Waals surface area (Å²) < 4.78 is 38.2. The number of alkyl halides is 3. The molecule has 0 bridgehead atoms. The first-order valence-corrected chi connectivity index (χ1v) is 7.51. The summed E-state index contributed by atoms with van der Waals surface area (Å²) in [5, 5.41) is 5.29. The molecule has 1 fully saturated rings. The number of piperidine rings is 1. The largest absolute Gasteiger partial charge is 0.393 e.